The third kappa shape index (κ3) is 5.34. The lowest BCUT2D eigenvalue weighted by atomic mass is 10.0. The lowest BCUT2D eigenvalue weighted by Gasteiger charge is -2.24. The fourth-order valence-electron chi connectivity index (χ4n) is 3.40. The third-order valence-corrected chi connectivity index (χ3v) is 4.97. The second-order valence-corrected chi connectivity index (χ2v) is 6.76. The number of ether oxygens (including phenoxy) is 2. The first-order chi connectivity index (χ1) is 12.6. The standard InChI is InChI=1S/C21H26FNO3.ClH/c1-15(23-13-17-6-7-19(22)12-18(17)14-23)3-4-16-5-8-20(26-10-9-24)21(11-16)25-2;/h5-8,11-12,15,24H,3-4,9-10,13-14H2,1-2H3;1H/t15-;/m1./s1. The first-order valence-corrected chi connectivity index (χ1v) is 9.02. The Morgan fingerprint density at radius 1 is 1.11 bits per heavy atom. The van der Waals surface area contributed by atoms with Crippen molar-refractivity contribution >= 4 is 12.4 Å². The molecule has 1 aliphatic heterocycles. The molecule has 6 heteroatoms. The number of hydrogen-bond donors (Lipinski definition) is 1. The van der Waals surface area contributed by atoms with E-state index in [1.54, 1.807) is 19.2 Å². The Labute approximate surface area is 166 Å². The number of benzene rings is 2. The third-order valence-electron chi connectivity index (χ3n) is 4.97. The van der Waals surface area contributed by atoms with Crippen LogP contribution in [0.15, 0.2) is 36.4 Å². The summed E-state index contributed by atoms with van der Waals surface area (Å²) in [7, 11) is 1.62. The summed E-state index contributed by atoms with van der Waals surface area (Å²) >= 11 is 0. The van der Waals surface area contributed by atoms with Crippen LogP contribution in [0, 0.1) is 5.82 Å². The lowest BCUT2D eigenvalue weighted by molar-refractivity contribution is 0.196. The molecule has 0 aliphatic carbocycles. The Kier molecular flexibility index (Phi) is 7.90. The molecule has 2 aromatic carbocycles. The number of methoxy groups -OCH3 is 1. The normalized spacial score (nSPS) is 14.4. The molecule has 0 aromatic heterocycles. The average Bonchev–Trinajstić information content (AvgIpc) is 3.07. The van der Waals surface area contributed by atoms with Gasteiger partial charge in [-0.25, -0.2) is 4.39 Å². The van der Waals surface area contributed by atoms with Gasteiger partial charge in [-0.2, -0.15) is 0 Å². The minimum Gasteiger partial charge on any atom is -0.493 e. The Morgan fingerprint density at radius 3 is 2.63 bits per heavy atom. The molecule has 4 nitrogen and oxygen atoms in total. The van der Waals surface area contributed by atoms with Crippen molar-refractivity contribution in [2.75, 3.05) is 20.3 Å². The van der Waals surface area contributed by atoms with Crippen LogP contribution in [-0.2, 0) is 19.5 Å². The van der Waals surface area contributed by atoms with Gasteiger partial charge >= 0.3 is 0 Å². The van der Waals surface area contributed by atoms with Crippen LogP contribution in [0.3, 0.4) is 0 Å². The molecule has 0 saturated heterocycles. The van der Waals surface area contributed by atoms with Gasteiger partial charge in [-0.15, -0.1) is 12.4 Å². The summed E-state index contributed by atoms with van der Waals surface area (Å²) in [5.74, 6) is 1.18. The van der Waals surface area contributed by atoms with E-state index in [-0.39, 0.29) is 31.4 Å². The van der Waals surface area contributed by atoms with Crippen LogP contribution in [0.1, 0.15) is 30.0 Å². The molecule has 3 rings (SSSR count). The highest BCUT2D eigenvalue weighted by Crippen LogP contribution is 2.30. The smallest absolute Gasteiger partial charge is 0.161 e. The number of halogens is 2. The minimum absolute atomic E-state index is 0. The van der Waals surface area contributed by atoms with E-state index < -0.39 is 0 Å². The van der Waals surface area contributed by atoms with Gasteiger partial charge < -0.3 is 14.6 Å². The first kappa shape index (κ1) is 21.5. The molecule has 0 amide bonds. The van der Waals surface area contributed by atoms with Crippen LogP contribution in [-0.4, -0.2) is 36.4 Å². The van der Waals surface area contributed by atoms with Crippen molar-refractivity contribution in [1.29, 1.82) is 0 Å². The summed E-state index contributed by atoms with van der Waals surface area (Å²) in [6.45, 7) is 4.14. The highest BCUT2D eigenvalue weighted by atomic mass is 35.5. The van der Waals surface area contributed by atoms with Crippen molar-refractivity contribution in [3.63, 3.8) is 0 Å². The topological polar surface area (TPSA) is 41.9 Å². The van der Waals surface area contributed by atoms with Crippen LogP contribution < -0.4 is 9.47 Å². The number of nitrogens with zero attached hydrogens (tertiary/aromatic N) is 1. The predicted octanol–water partition coefficient (Wildman–Crippen LogP) is 3.96. The average molecular weight is 396 g/mol. The summed E-state index contributed by atoms with van der Waals surface area (Å²) in [4.78, 5) is 2.39. The Balaban J connectivity index is 0.00000261. The monoisotopic (exact) mass is 395 g/mol. The summed E-state index contributed by atoms with van der Waals surface area (Å²) in [6, 6.07) is 11.4. The van der Waals surface area contributed by atoms with Crippen molar-refractivity contribution in [2.45, 2.75) is 38.9 Å². The number of rotatable bonds is 8. The Hall–Kier alpha value is -1.82. The fourth-order valence-corrected chi connectivity index (χ4v) is 3.40. The number of fused-ring (bicyclic) bond motifs is 1. The molecular weight excluding hydrogens is 369 g/mol. The van der Waals surface area contributed by atoms with Gasteiger partial charge in [0.05, 0.1) is 13.7 Å². The largest absolute Gasteiger partial charge is 0.493 e. The van der Waals surface area contributed by atoms with Gasteiger partial charge in [-0.3, -0.25) is 4.90 Å². The lowest BCUT2D eigenvalue weighted by Crippen LogP contribution is -2.28. The number of hydrogen-bond acceptors (Lipinski definition) is 4. The van der Waals surface area contributed by atoms with Crippen LogP contribution >= 0.6 is 12.4 Å². The molecule has 1 aliphatic rings. The minimum atomic E-state index is -0.158. The van der Waals surface area contributed by atoms with Gasteiger partial charge in [-0.05, 0) is 60.7 Å². The quantitative estimate of drug-likeness (QED) is 0.734. The van der Waals surface area contributed by atoms with Gasteiger partial charge in [0.1, 0.15) is 12.4 Å². The maximum Gasteiger partial charge on any atom is 0.161 e. The van der Waals surface area contributed by atoms with Crippen LogP contribution in [0.2, 0.25) is 0 Å². The zero-order valence-corrected chi connectivity index (χ0v) is 16.6. The molecule has 148 valence electrons. The zero-order chi connectivity index (χ0) is 18.5. The van der Waals surface area contributed by atoms with E-state index in [4.69, 9.17) is 14.6 Å². The Bertz CT molecular complexity index is 756. The van der Waals surface area contributed by atoms with Gasteiger partial charge in [0.15, 0.2) is 11.5 Å². The SMILES string of the molecule is COc1cc(CC[C@@H](C)N2Cc3ccc(F)cc3C2)ccc1OCCO.Cl. The van der Waals surface area contributed by atoms with Gasteiger partial charge in [0, 0.05) is 19.1 Å². The van der Waals surface area contributed by atoms with E-state index in [2.05, 4.69) is 11.8 Å². The molecule has 0 unspecified atom stereocenters. The summed E-state index contributed by atoms with van der Waals surface area (Å²) < 4.78 is 24.2. The van der Waals surface area contributed by atoms with Crippen LogP contribution in [0.25, 0.3) is 0 Å². The molecule has 1 heterocycles. The second kappa shape index (κ2) is 9.93. The number of aliphatic hydroxyl groups excluding tert-OH is 1. The van der Waals surface area contributed by atoms with Crippen LogP contribution in [0.4, 0.5) is 4.39 Å². The zero-order valence-electron chi connectivity index (χ0n) is 15.8. The van der Waals surface area contributed by atoms with Gasteiger partial charge in [0.25, 0.3) is 0 Å². The van der Waals surface area contributed by atoms with E-state index in [1.807, 2.05) is 24.3 Å². The first-order valence-electron chi connectivity index (χ1n) is 9.02. The van der Waals surface area contributed by atoms with Crippen molar-refractivity contribution in [3.8, 4) is 11.5 Å². The summed E-state index contributed by atoms with van der Waals surface area (Å²) in [5.41, 5.74) is 3.52. The molecular formula is C21H27ClFNO3. The van der Waals surface area contributed by atoms with E-state index >= 15 is 0 Å². The number of aliphatic hydroxyl groups is 1. The molecule has 0 saturated carbocycles. The van der Waals surface area contributed by atoms with Crippen molar-refractivity contribution in [2.24, 2.45) is 0 Å². The maximum absolute atomic E-state index is 13.4. The number of aryl methyl sites for hydroxylation is 1. The summed E-state index contributed by atoms with van der Waals surface area (Å²) in [6.07, 6.45) is 1.94. The predicted molar refractivity (Wildman–Crippen MR) is 106 cm³/mol. The van der Waals surface area contributed by atoms with Gasteiger partial charge in [0.2, 0.25) is 0 Å². The van der Waals surface area contributed by atoms with E-state index in [0.717, 1.165) is 31.5 Å². The maximum atomic E-state index is 13.4. The van der Waals surface area contributed by atoms with Gasteiger partial charge in [-0.1, -0.05) is 12.1 Å². The van der Waals surface area contributed by atoms with E-state index in [0.29, 0.717) is 17.5 Å². The van der Waals surface area contributed by atoms with Crippen molar-refractivity contribution in [1.82, 2.24) is 4.90 Å². The van der Waals surface area contributed by atoms with Crippen LogP contribution in [0.5, 0.6) is 11.5 Å². The molecule has 1 atom stereocenters. The second-order valence-electron chi connectivity index (χ2n) is 6.76. The molecule has 0 bridgehead atoms. The van der Waals surface area contributed by atoms with Crippen molar-refractivity contribution < 1.29 is 19.0 Å². The molecule has 0 spiro atoms. The molecule has 1 N–H and O–H groups in total. The van der Waals surface area contributed by atoms with E-state index in [1.165, 1.54) is 11.1 Å². The molecule has 0 fully saturated rings. The van der Waals surface area contributed by atoms with Crippen molar-refractivity contribution in [3.05, 3.63) is 58.9 Å². The van der Waals surface area contributed by atoms with E-state index in [9.17, 15) is 4.39 Å². The highest BCUT2D eigenvalue weighted by Gasteiger charge is 2.23. The molecule has 2 aromatic rings. The molecule has 27 heavy (non-hydrogen) atoms. The fraction of sp³-hybridized carbons (Fsp3) is 0.429. The summed E-state index contributed by atoms with van der Waals surface area (Å²) in [5, 5.41) is 8.88. The Morgan fingerprint density at radius 2 is 1.89 bits per heavy atom. The molecule has 0 radical (unpaired) electrons. The highest BCUT2D eigenvalue weighted by molar-refractivity contribution is 5.85.